The van der Waals surface area contributed by atoms with E-state index in [-0.39, 0.29) is 0 Å². The van der Waals surface area contributed by atoms with Gasteiger partial charge in [0.05, 0.1) is 0 Å². The molecule has 0 fully saturated rings. The number of carbonyl (C=O) groups excluding carboxylic acids is 1. The summed E-state index contributed by atoms with van der Waals surface area (Å²) in [6.45, 7) is 3.60. The van der Waals surface area contributed by atoms with Gasteiger partial charge in [0.15, 0.2) is 5.60 Å². The highest BCUT2D eigenvalue weighted by Gasteiger charge is 2.34. The summed E-state index contributed by atoms with van der Waals surface area (Å²) in [4.78, 5) is 10.8. The molecule has 2 aromatic rings. The molecule has 0 saturated heterocycles. The van der Waals surface area contributed by atoms with Gasteiger partial charge in [0.25, 0.3) is 0 Å². The minimum absolute atomic E-state index is 0.663. The zero-order valence-corrected chi connectivity index (χ0v) is 10.3. The zero-order valence-electron chi connectivity index (χ0n) is 10.3. The van der Waals surface area contributed by atoms with Crippen LogP contribution in [0.25, 0.3) is 0 Å². The monoisotopic (exact) mass is 239 g/mol. The number of hydrogen-bond donors (Lipinski definition) is 0. The molecule has 0 aliphatic heterocycles. The summed E-state index contributed by atoms with van der Waals surface area (Å²) in [5.74, 6) is 0. The summed E-state index contributed by atoms with van der Waals surface area (Å²) in [5, 5.41) is 0. The first-order valence-corrected chi connectivity index (χ1v) is 5.99. The molecule has 91 valence electrons. The Balaban J connectivity index is 2.57. The fourth-order valence-corrected chi connectivity index (χ4v) is 2.25. The van der Waals surface area contributed by atoms with Gasteiger partial charge in [0.1, 0.15) is 0 Å². The topological polar surface area (TPSA) is 26.3 Å². The van der Waals surface area contributed by atoms with Gasteiger partial charge in [0, 0.05) is 11.1 Å². The fourth-order valence-electron chi connectivity index (χ4n) is 2.25. The minimum atomic E-state index is -0.746. The van der Waals surface area contributed by atoms with Gasteiger partial charge < -0.3 is 4.74 Å². The van der Waals surface area contributed by atoms with Gasteiger partial charge in [-0.05, 0) is 6.42 Å². The lowest BCUT2D eigenvalue weighted by molar-refractivity contribution is 0.0857. The van der Waals surface area contributed by atoms with Crippen molar-refractivity contribution >= 4 is 6.47 Å². The Kier molecular flexibility index (Phi) is 3.78. The molecular weight excluding hydrogens is 224 g/mol. The lowest BCUT2D eigenvalue weighted by Crippen LogP contribution is -2.30. The van der Waals surface area contributed by atoms with Crippen molar-refractivity contribution in [1.82, 2.24) is 0 Å². The normalized spacial score (nSPS) is 10.9. The summed E-state index contributed by atoms with van der Waals surface area (Å²) in [5.41, 5.74) is 1.17. The molecule has 0 heterocycles. The van der Waals surface area contributed by atoms with Gasteiger partial charge in [-0.15, -0.1) is 0 Å². The van der Waals surface area contributed by atoms with Gasteiger partial charge >= 0.3 is 6.47 Å². The fraction of sp³-hybridized carbons (Fsp3) is 0.188. The average Bonchev–Trinajstić information content (AvgIpc) is 2.47. The Bertz CT molecular complexity index is 452. The van der Waals surface area contributed by atoms with Crippen LogP contribution in [0.15, 0.2) is 60.7 Å². The molecule has 0 unspecified atom stereocenters. The van der Waals surface area contributed by atoms with Crippen LogP contribution in [0.4, 0.5) is 0 Å². The third-order valence-electron chi connectivity index (χ3n) is 3.19. The van der Waals surface area contributed by atoms with Crippen molar-refractivity contribution in [2.45, 2.75) is 18.9 Å². The van der Waals surface area contributed by atoms with Crippen LogP contribution in [0.2, 0.25) is 0 Å². The summed E-state index contributed by atoms with van der Waals surface area (Å²) < 4.78 is 5.35. The molecule has 0 atom stereocenters. The number of benzene rings is 2. The Morgan fingerprint density at radius 3 is 1.72 bits per heavy atom. The maximum absolute atomic E-state index is 10.8. The third kappa shape index (κ3) is 2.14. The molecule has 0 aliphatic rings. The number of hydrogen-bond acceptors (Lipinski definition) is 2. The summed E-state index contributed by atoms with van der Waals surface area (Å²) in [7, 11) is 0. The lowest BCUT2D eigenvalue weighted by atomic mass is 9.84. The number of ether oxygens (including phenoxy) is 1. The first-order chi connectivity index (χ1) is 8.83. The highest BCUT2D eigenvalue weighted by molar-refractivity contribution is 5.46. The lowest BCUT2D eigenvalue weighted by Gasteiger charge is -2.31. The van der Waals surface area contributed by atoms with Crippen molar-refractivity contribution in [3.8, 4) is 0 Å². The molecule has 0 aromatic heterocycles. The van der Waals surface area contributed by atoms with Crippen LogP contribution in [0.3, 0.4) is 0 Å². The van der Waals surface area contributed by atoms with E-state index in [1.165, 1.54) is 0 Å². The molecule has 0 bridgehead atoms. The maximum Gasteiger partial charge on any atom is 0.418 e. The van der Waals surface area contributed by atoms with E-state index in [1.807, 2.05) is 67.6 Å². The molecule has 18 heavy (non-hydrogen) atoms. The second kappa shape index (κ2) is 5.50. The Hall–Kier alpha value is -2.09. The molecule has 0 amide bonds. The van der Waals surface area contributed by atoms with E-state index in [4.69, 9.17) is 4.74 Å². The van der Waals surface area contributed by atoms with E-state index in [2.05, 4.69) is 0 Å². The highest BCUT2D eigenvalue weighted by Crippen LogP contribution is 2.36. The first-order valence-electron chi connectivity index (χ1n) is 5.99. The van der Waals surface area contributed by atoms with E-state index < -0.39 is 5.60 Å². The van der Waals surface area contributed by atoms with Gasteiger partial charge in [-0.2, -0.15) is 0 Å². The molecule has 2 heteroatoms. The summed E-state index contributed by atoms with van der Waals surface area (Å²) in [6, 6.07) is 19.5. The maximum atomic E-state index is 10.8. The van der Waals surface area contributed by atoms with Crippen molar-refractivity contribution in [3.05, 3.63) is 71.8 Å². The standard InChI is InChI=1S/C16H15O2/c1-2-16(18-13-17,14-9-5-3-6-10-14)15-11-7-4-8-12-15/h3-12H,2H2,1H3. The van der Waals surface area contributed by atoms with Crippen LogP contribution in [0.5, 0.6) is 0 Å². The van der Waals surface area contributed by atoms with E-state index in [0.29, 0.717) is 6.42 Å². The van der Waals surface area contributed by atoms with Gasteiger partial charge in [-0.1, -0.05) is 67.6 Å². The molecule has 0 N–H and O–H groups in total. The second-order valence-corrected chi connectivity index (χ2v) is 4.10. The first kappa shape index (κ1) is 12.4. The van der Waals surface area contributed by atoms with Crippen LogP contribution < -0.4 is 0 Å². The van der Waals surface area contributed by atoms with Crippen molar-refractivity contribution in [2.24, 2.45) is 0 Å². The van der Waals surface area contributed by atoms with Crippen molar-refractivity contribution in [2.75, 3.05) is 0 Å². The van der Waals surface area contributed by atoms with E-state index in [0.717, 1.165) is 11.1 Å². The third-order valence-corrected chi connectivity index (χ3v) is 3.19. The molecule has 2 aromatic carbocycles. The van der Waals surface area contributed by atoms with Crippen LogP contribution in [0.1, 0.15) is 24.5 Å². The quantitative estimate of drug-likeness (QED) is 0.799. The van der Waals surface area contributed by atoms with Gasteiger partial charge in [-0.3, -0.25) is 0 Å². The Labute approximate surface area is 107 Å². The molecule has 2 nitrogen and oxygen atoms in total. The van der Waals surface area contributed by atoms with E-state index in [1.54, 1.807) is 6.47 Å². The zero-order chi connectivity index (χ0) is 12.8. The average molecular weight is 239 g/mol. The molecule has 0 aliphatic carbocycles. The molecule has 1 radical (unpaired) electrons. The van der Waals surface area contributed by atoms with Gasteiger partial charge in [-0.25, -0.2) is 4.79 Å². The molecule has 0 spiro atoms. The smallest absolute Gasteiger partial charge is 0.418 e. The Morgan fingerprint density at radius 2 is 1.39 bits per heavy atom. The van der Waals surface area contributed by atoms with E-state index in [9.17, 15) is 4.79 Å². The van der Waals surface area contributed by atoms with Crippen molar-refractivity contribution in [3.63, 3.8) is 0 Å². The second-order valence-electron chi connectivity index (χ2n) is 4.10. The van der Waals surface area contributed by atoms with Gasteiger partial charge in [0.2, 0.25) is 0 Å². The summed E-state index contributed by atoms with van der Waals surface area (Å²) >= 11 is 0. The minimum Gasteiger partial charge on any atom is -0.441 e. The number of rotatable bonds is 5. The van der Waals surface area contributed by atoms with Crippen molar-refractivity contribution < 1.29 is 9.53 Å². The van der Waals surface area contributed by atoms with Crippen LogP contribution in [-0.4, -0.2) is 6.47 Å². The van der Waals surface area contributed by atoms with Crippen LogP contribution >= 0.6 is 0 Å². The van der Waals surface area contributed by atoms with Crippen LogP contribution in [0, 0.1) is 0 Å². The largest absolute Gasteiger partial charge is 0.441 e. The van der Waals surface area contributed by atoms with Crippen molar-refractivity contribution in [1.29, 1.82) is 0 Å². The van der Waals surface area contributed by atoms with E-state index >= 15 is 0 Å². The SMILES string of the molecule is CCC(O[C]=O)(c1ccccc1)c1ccccc1. The molecule has 2 rings (SSSR count). The Morgan fingerprint density at radius 1 is 0.944 bits per heavy atom. The molecular formula is C16H15O2. The predicted molar refractivity (Wildman–Crippen MR) is 70.7 cm³/mol. The highest BCUT2D eigenvalue weighted by atomic mass is 16.5. The molecule has 0 saturated carbocycles. The predicted octanol–water partition coefficient (Wildman–Crippen LogP) is 3.42. The van der Waals surface area contributed by atoms with Crippen LogP contribution in [-0.2, 0) is 15.1 Å². The summed E-state index contributed by atoms with van der Waals surface area (Å²) in [6.07, 6.45) is 0.663.